The van der Waals surface area contributed by atoms with Gasteiger partial charge in [0.1, 0.15) is 5.75 Å². The molecule has 0 spiro atoms. The van der Waals surface area contributed by atoms with Crippen molar-refractivity contribution in [1.82, 2.24) is 0 Å². The summed E-state index contributed by atoms with van der Waals surface area (Å²) >= 11 is 0. The molecule has 0 atom stereocenters. The van der Waals surface area contributed by atoms with Crippen molar-refractivity contribution in [3.63, 3.8) is 0 Å². The summed E-state index contributed by atoms with van der Waals surface area (Å²) < 4.78 is 0. The van der Waals surface area contributed by atoms with Gasteiger partial charge in [0.15, 0.2) is 0 Å². The number of nitrogens with one attached hydrogen (secondary N) is 1. The Hall–Kier alpha value is -2.33. The topological polar surface area (TPSA) is 53.8 Å². The van der Waals surface area contributed by atoms with Gasteiger partial charge in [-0.3, -0.25) is 15.3 Å². The first-order valence-corrected chi connectivity index (χ1v) is 9.67. The van der Waals surface area contributed by atoms with Crippen molar-refractivity contribution in [3.8, 4) is 5.75 Å². The first-order valence-electron chi connectivity index (χ1n) is 9.67. The van der Waals surface area contributed by atoms with Crippen LogP contribution in [0.4, 0.5) is 11.4 Å². The summed E-state index contributed by atoms with van der Waals surface area (Å²) in [5.74, 6) is 0.303. The van der Waals surface area contributed by atoms with Crippen molar-refractivity contribution in [2.24, 2.45) is 4.99 Å². The lowest BCUT2D eigenvalue weighted by atomic mass is 9.79. The van der Waals surface area contributed by atoms with Crippen LogP contribution < -0.4 is 5.48 Å². The van der Waals surface area contributed by atoms with E-state index in [-0.39, 0.29) is 10.8 Å². The minimum atomic E-state index is -0.159. The fourth-order valence-electron chi connectivity index (χ4n) is 3.23. The van der Waals surface area contributed by atoms with Gasteiger partial charge in [-0.15, -0.1) is 0 Å². The van der Waals surface area contributed by atoms with Crippen LogP contribution in [0, 0.1) is 13.8 Å². The smallest absolute Gasteiger partial charge is 0.128 e. The number of hydrogen-bond donors (Lipinski definition) is 2. The number of phenols is 1. The second kappa shape index (κ2) is 7.96. The molecule has 4 nitrogen and oxygen atoms in total. The van der Waals surface area contributed by atoms with Crippen LogP contribution in [0.15, 0.2) is 29.3 Å². The Morgan fingerprint density at radius 3 is 1.96 bits per heavy atom. The summed E-state index contributed by atoms with van der Waals surface area (Å²) in [6, 6.07) is 8.15. The number of phenolic OH excluding ortho intramolecular Hbond substituents is 1. The van der Waals surface area contributed by atoms with E-state index in [0.29, 0.717) is 5.75 Å². The molecular formula is C24H34N2O2. The normalized spacial score (nSPS) is 12.6. The van der Waals surface area contributed by atoms with Gasteiger partial charge in [-0.1, -0.05) is 47.6 Å². The van der Waals surface area contributed by atoms with Crippen molar-refractivity contribution in [2.75, 3.05) is 12.6 Å². The third-order valence-corrected chi connectivity index (χ3v) is 4.86. The van der Waals surface area contributed by atoms with Crippen LogP contribution in [0.3, 0.4) is 0 Å². The number of rotatable bonds is 4. The largest absolute Gasteiger partial charge is 0.507 e. The minimum absolute atomic E-state index is 0.0183. The Bertz CT molecular complexity index is 862. The average molecular weight is 383 g/mol. The Morgan fingerprint density at radius 2 is 1.50 bits per heavy atom. The number of aliphatic imine (C=N–C) groups is 1. The minimum Gasteiger partial charge on any atom is -0.507 e. The molecule has 0 heterocycles. The number of nitrogens with zero attached hydrogens (tertiary/aromatic N) is 1. The van der Waals surface area contributed by atoms with Crippen LogP contribution in [0.25, 0.3) is 0 Å². The zero-order chi connectivity index (χ0) is 21.3. The molecule has 28 heavy (non-hydrogen) atoms. The summed E-state index contributed by atoms with van der Waals surface area (Å²) in [6.45, 7) is 16.9. The van der Waals surface area contributed by atoms with E-state index < -0.39 is 0 Å². The maximum absolute atomic E-state index is 10.9. The summed E-state index contributed by atoms with van der Waals surface area (Å²) in [7, 11) is 1.59. The maximum atomic E-state index is 10.9. The molecule has 0 radical (unpaired) electrons. The van der Waals surface area contributed by atoms with Gasteiger partial charge in [-0.25, -0.2) is 0 Å². The summed E-state index contributed by atoms with van der Waals surface area (Å²) in [6.07, 6.45) is 1.78. The Labute approximate surface area is 169 Å². The second-order valence-corrected chi connectivity index (χ2v) is 9.48. The number of benzene rings is 2. The van der Waals surface area contributed by atoms with Gasteiger partial charge in [0.05, 0.1) is 18.5 Å². The highest BCUT2D eigenvalue weighted by Crippen LogP contribution is 2.37. The lowest BCUT2D eigenvalue weighted by Crippen LogP contribution is -2.17. The van der Waals surface area contributed by atoms with Crippen molar-refractivity contribution < 1.29 is 9.94 Å². The molecule has 4 heteroatoms. The molecule has 0 aliphatic carbocycles. The molecule has 0 aliphatic heterocycles. The van der Waals surface area contributed by atoms with Crippen LogP contribution in [-0.4, -0.2) is 18.4 Å². The SMILES string of the molecule is CONc1cc(C)c(N=Cc2cc(C(C)(C)C)cc(C(C)(C)C)c2O)c(C)c1. The molecule has 2 N–H and O–H groups in total. The van der Waals surface area contributed by atoms with Gasteiger partial charge in [0.2, 0.25) is 0 Å². The monoisotopic (exact) mass is 382 g/mol. The van der Waals surface area contributed by atoms with E-state index >= 15 is 0 Å². The number of hydrogen-bond acceptors (Lipinski definition) is 4. The molecular weight excluding hydrogens is 348 g/mol. The van der Waals surface area contributed by atoms with Crippen LogP contribution in [0.5, 0.6) is 5.75 Å². The van der Waals surface area contributed by atoms with Crippen LogP contribution in [0.1, 0.15) is 69.4 Å². The molecule has 0 amide bonds. The van der Waals surface area contributed by atoms with E-state index in [9.17, 15) is 5.11 Å². The Kier molecular flexibility index (Phi) is 6.24. The maximum Gasteiger partial charge on any atom is 0.128 e. The molecule has 0 saturated carbocycles. The predicted octanol–water partition coefficient (Wildman–Crippen LogP) is 6.33. The standard InChI is InChI=1S/C24H34N2O2/c1-15-10-19(26-28-9)11-16(2)21(15)25-14-17-12-18(23(3,4)5)13-20(22(17)27)24(6,7)8/h10-14,26-27H,1-9H3. The molecule has 2 rings (SSSR count). The van der Waals surface area contributed by atoms with Crippen molar-refractivity contribution in [3.05, 3.63) is 52.1 Å². The molecule has 0 aromatic heterocycles. The van der Waals surface area contributed by atoms with E-state index in [1.165, 1.54) is 5.56 Å². The summed E-state index contributed by atoms with van der Waals surface area (Å²) in [5.41, 5.74) is 9.42. The molecule has 2 aromatic carbocycles. The molecule has 2 aromatic rings. The van der Waals surface area contributed by atoms with E-state index in [1.807, 2.05) is 32.0 Å². The van der Waals surface area contributed by atoms with Gasteiger partial charge in [0, 0.05) is 17.3 Å². The second-order valence-electron chi connectivity index (χ2n) is 9.48. The Balaban J connectivity index is 2.57. The highest BCUT2D eigenvalue weighted by molar-refractivity contribution is 5.87. The van der Waals surface area contributed by atoms with Gasteiger partial charge < -0.3 is 5.11 Å². The predicted molar refractivity (Wildman–Crippen MR) is 119 cm³/mol. The van der Waals surface area contributed by atoms with E-state index in [2.05, 4.69) is 53.1 Å². The molecule has 0 saturated heterocycles. The van der Waals surface area contributed by atoms with Crippen LogP contribution in [-0.2, 0) is 15.7 Å². The quantitative estimate of drug-likeness (QED) is 0.480. The lowest BCUT2D eigenvalue weighted by Gasteiger charge is -2.27. The highest BCUT2D eigenvalue weighted by atomic mass is 16.6. The summed E-state index contributed by atoms with van der Waals surface area (Å²) in [4.78, 5) is 9.72. The fraction of sp³-hybridized carbons (Fsp3) is 0.458. The Morgan fingerprint density at radius 1 is 0.929 bits per heavy atom. The van der Waals surface area contributed by atoms with Gasteiger partial charge >= 0.3 is 0 Å². The molecule has 0 fully saturated rings. The molecule has 0 unspecified atom stereocenters. The third-order valence-electron chi connectivity index (χ3n) is 4.86. The molecule has 0 aliphatic rings. The average Bonchev–Trinajstić information content (AvgIpc) is 2.53. The zero-order valence-corrected chi connectivity index (χ0v) is 18.7. The first-order chi connectivity index (χ1) is 12.8. The third kappa shape index (κ3) is 4.93. The lowest BCUT2D eigenvalue weighted by molar-refractivity contribution is 0.271. The van der Waals surface area contributed by atoms with E-state index in [1.54, 1.807) is 13.3 Å². The molecule has 0 bridgehead atoms. The first kappa shape index (κ1) is 22.0. The van der Waals surface area contributed by atoms with E-state index in [0.717, 1.165) is 33.6 Å². The van der Waals surface area contributed by atoms with Gasteiger partial charge in [-0.2, -0.15) is 0 Å². The van der Waals surface area contributed by atoms with Crippen molar-refractivity contribution in [2.45, 2.75) is 66.2 Å². The van der Waals surface area contributed by atoms with Gasteiger partial charge in [-0.05, 0) is 59.6 Å². The zero-order valence-electron chi connectivity index (χ0n) is 18.7. The fourth-order valence-corrected chi connectivity index (χ4v) is 3.23. The highest BCUT2D eigenvalue weighted by Gasteiger charge is 2.24. The van der Waals surface area contributed by atoms with Crippen molar-refractivity contribution >= 4 is 17.6 Å². The van der Waals surface area contributed by atoms with Crippen LogP contribution in [0.2, 0.25) is 0 Å². The molecule has 152 valence electrons. The number of aryl methyl sites for hydroxylation is 2. The van der Waals surface area contributed by atoms with Crippen molar-refractivity contribution in [1.29, 1.82) is 0 Å². The summed E-state index contributed by atoms with van der Waals surface area (Å²) in [5, 5.41) is 10.9. The van der Waals surface area contributed by atoms with Crippen LogP contribution >= 0.6 is 0 Å². The number of aromatic hydroxyl groups is 1. The van der Waals surface area contributed by atoms with E-state index in [4.69, 9.17) is 9.83 Å². The van der Waals surface area contributed by atoms with Gasteiger partial charge in [0.25, 0.3) is 0 Å². The number of anilines is 1.